The van der Waals surface area contributed by atoms with Crippen molar-refractivity contribution in [2.24, 2.45) is 4.99 Å². The molecule has 0 bridgehead atoms. The zero-order valence-electron chi connectivity index (χ0n) is 11.0. The second-order valence-corrected chi connectivity index (χ2v) is 4.88. The van der Waals surface area contributed by atoms with Crippen LogP contribution in [0.25, 0.3) is 0 Å². The van der Waals surface area contributed by atoms with Crippen LogP contribution in [0.3, 0.4) is 0 Å². The molecular formula is C12H17ClN4O3. The third-order valence-electron chi connectivity index (χ3n) is 3.12. The predicted molar refractivity (Wildman–Crippen MR) is 75.4 cm³/mol. The number of aliphatic hydroxyl groups excluding tert-OH is 2. The van der Waals surface area contributed by atoms with E-state index in [0.29, 0.717) is 24.2 Å². The minimum Gasteiger partial charge on any atom is -0.394 e. The molecule has 2 heterocycles. The highest BCUT2D eigenvalue weighted by atomic mass is 35.5. The Bertz CT molecular complexity index is 512. The molecule has 0 aromatic carbocycles. The van der Waals surface area contributed by atoms with E-state index in [1.807, 2.05) is 0 Å². The average molecular weight is 301 g/mol. The molecule has 1 saturated heterocycles. The van der Waals surface area contributed by atoms with E-state index < -0.39 is 12.2 Å². The number of rotatable bonds is 4. The zero-order chi connectivity index (χ0) is 14.7. The third kappa shape index (κ3) is 3.24. The largest absolute Gasteiger partial charge is 0.394 e. The number of aromatic nitrogens is 2. The van der Waals surface area contributed by atoms with Gasteiger partial charge in [0.15, 0.2) is 5.82 Å². The first-order valence-electron chi connectivity index (χ1n) is 6.30. The van der Waals surface area contributed by atoms with Crippen molar-refractivity contribution in [1.82, 2.24) is 9.97 Å². The van der Waals surface area contributed by atoms with Crippen LogP contribution >= 0.6 is 11.6 Å². The Kier molecular flexibility index (Phi) is 4.87. The number of hydrogen-bond acceptors (Lipinski definition) is 7. The van der Waals surface area contributed by atoms with Gasteiger partial charge in [-0.15, -0.1) is 0 Å². The maximum absolute atomic E-state index is 9.72. The normalized spacial score (nSPS) is 26.5. The Labute approximate surface area is 121 Å². The van der Waals surface area contributed by atoms with Crippen molar-refractivity contribution in [2.45, 2.75) is 38.1 Å². The molecule has 20 heavy (non-hydrogen) atoms. The summed E-state index contributed by atoms with van der Waals surface area (Å²) in [5, 5.41) is 18.8. The lowest BCUT2D eigenvalue weighted by Gasteiger charge is -2.13. The number of halogens is 1. The van der Waals surface area contributed by atoms with Crippen LogP contribution in [0.4, 0.5) is 11.5 Å². The number of nitrogens with zero attached hydrogens (tertiary/aromatic N) is 3. The SMILES string of the molecule is CC=Nc1c(N)nc(Cl)nc1C[C@H]1C[C@H](O)[C@@H](CO)O1. The molecule has 7 nitrogen and oxygen atoms in total. The van der Waals surface area contributed by atoms with E-state index in [9.17, 15) is 5.11 Å². The molecule has 0 radical (unpaired) electrons. The summed E-state index contributed by atoms with van der Waals surface area (Å²) >= 11 is 5.81. The molecule has 8 heteroatoms. The third-order valence-corrected chi connectivity index (χ3v) is 3.28. The molecule has 0 unspecified atom stereocenters. The standard InChI is InChI=1S/C12H17ClN4O3/c1-2-15-10-7(16-12(13)17-11(10)14)3-6-4-8(19)9(5-18)20-6/h2,6,8-9,18-19H,3-5H2,1H3,(H2,14,16,17)/t6-,8-,9+/m0/s1. The lowest BCUT2D eigenvalue weighted by atomic mass is 10.1. The lowest BCUT2D eigenvalue weighted by Crippen LogP contribution is -2.24. The number of anilines is 1. The summed E-state index contributed by atoms with van der Waals surface area (Å²) in [5.74, 6) is 0.204. The van der Waals surface area contributed by atoms with Gasteiger partial charge in [0.25, 0.3) is 0 Å². The van der Waals surface area contributed by atoms with Gasteiger partial charge in [0.2, 0.25) is 5.28 Å². The molecule has 1 aromatic heterocycles. The van der Waals surface area contributed by atoms with Crippen LogP contribution in [-0.2, 0) is 11.2 Å². The smallest absolute Gasteiger partial charge is 0.224 e. The quantitative estimate of drug-likeness (QED) is 0.551. The second kappa shape index (κ2) is 6.45. The van der Waals surface area contributed by atoms with E-state index in [1.54, 1.807) is 13.1 Å². The minimum absolute atomic E-state index is 0.0461. The van der Waals surface area contributed by atoms with Crippen LogP contribution < -0.4 is 5.73 Å². The van der Waals surface area contributed by atoms with Gasteiger partial charge < -0.3 is 20.7 Å². The van der Waals surface area contributed by atoms with Crippen LogP contribution in [0.1, 0.15) is 19.0 Å². The number of nitrogens with two attached hydrogens (primary N) is 1. The van der Waals surface area contributed by atoms with Crippen molar-refractivity contribution in [3.8, 4) is 0 Å². The highest BCUT2D eigenvalue weighted by Gasteiger charge is 2.34. The fourth-order valence-electron chi connectivity index (χ4n) is 2.23. The van der Waals surface area contributed by atoms with Crippen molar-refractivity contribution < 1.29 is 14.9 Å². The molecule has 1 fully saturated rings. The average Bonchev–Trinajstić information content (AvgIpc) is 2.73. The van der Waals surface area contributed by atoms with Gasteiger partial charge in [-0.25, -0.2) is 4.98 Å². The molecule has 0 amide bonds. The Morgan fingerprint density at radius 3 is 2.90 bits per heavy atom. The Morgan fingerprint density at radius 1 is 1.55 bits per heavy atom. The van der Waals surface area contributed by atoms with Gasteiger partial charge >= 0.3 is 0 Å². The first-order valence-corrected chi connectivity index (χ1v) is 6.67. The van der Waals surface area contributed by atoms with Crippen molar-refractivity contribution in [3.05, 3.63) is 11.0 Å². The van der Waals surface area contributed by atoms with E-state index in [2.05, 4.69) is 15.0 Å². The first kappa shape index (κ1) is 15.1. The van der Waals surface area contributed by atoms with E-state index in [4.69, 9.17) is 27.2 Å². The predicted octanol–water partition coefficient (Wildman–Crippen LogP) is 0.488. The van der Waals surface area contributed by atoms with Crippen LogP contribution in [0, 0.1) is 0 Å². The van der Waals surface area contributed by atoms with E-state index in [1.165, 1.54) is 0 Å². The molecule has 4 N–H and O–H groups in total. The highest BCUT2D eigenvalue weighted by Crippen LogP contribution is 2.30. The monoisotopic (exact) mass is 300 g/mol. The van der Waals surface area contributed by atoms with E-state index >= 15 is 0 Å². The fraction of sp³-hybridized carbons (Fsp3) is 0.583. The molecule has 1 aliphatic rings. The molecule has 0 saturated carbocycles. The first-order chi connectivity index (χ1) is 9.55. The van der Waals surface area contributed by atoms with Gasteiger partial charge in [-0.05, 0) is 18.5 Å². The van der Waals surface area contributed by atoms with E-state index in [-0.39, 0.29) is 23.8 Å². The Balaban J connectivity index is 2.21. The topological polar surface area (TPSA) is 114 Å². The molecule has 1 aliphatic heterocycles. The van der Waals surface area contributed by atoms with Crippen molar-refractivity contribution >= 4 is 29.3 Å². The number of hydrogen-bond donors (Lipinski definition) is 3. The molecular weight excluding hydrogens is 284 g/mol. The van der Waals surface area contributed by atoms with Gasteiger partial charge in [-0.3, -0.25) is 4.99 Å². The van der Waals surface area contributed by atoms with Gasteiger partial charge in [-0.2, -0.15) is 4.98 Å². The maximum atomic E-state index is 9.72. The highest BCUT2D eigenvalue weighted by molar-refractivity contribution is 6.28. The summed E-state index contributed by atoms with van der Waals surface area (Å²) in [6, 6.07) is 0. The molecule has 110 valence electrons. The molecule has 0 spiro atoms. The van der Waals surface area contributed by atoms with Crippen LogP contribution in [0.5, 0.6) is 0 Å². The van der Waals surface area contributed by atoms with Gasteiger partial charge in [0.05, 0.1) is 24.5 Å². The molecule has 2 rings (SSSR count). The summed E-state index contributed by atoms with van der Waals surface area (Å²) < 4.78 is 5.54. The summed E-state index contributed by atoms with van der Waals surface area (Å²) in [5.41, 5.74) is 6.81. The summed E-state index contributed by atoms with van der Waals surface area (Å²) in [6.07, 6.45) is 0.895. The van der Waals surface area contributed by atoms with Crippen molar-refractivity contribution in [2.75, 3.05) is 12.3 Å². The van der Waals surface area contributed by atoms with Gasteiger partial charge in [-0.1, -0.05) is 0 Å². The Morgan fingerprint density at radius 2 is 2.30 bits per heavy atom. The van der Waals surface area contributed by atoms with Crippen LogP contribution in [-0.4, -0.2) is 51.3 Å². The maximum Gasteiger partial charge on any atom is 0.224 e. The van der Waals surface area contributed by atoms with E-state index in [0.717, 1.165) is 0 Å². The molecule has 1 aromatic rings. The Hall–Kier alpha value is -1.28. The lowest BCUT2D eigenvalue weighted by molar-refractivity contribution is -0.0216. The van der Waals surface area contributed by atoms with Gasteiger partial charge in [0, 0.05) is 19.1 Å². The van der Waals surface area contributed by atoms with Crippen molar-refractivity contribution in [3.63, 3.8) is 0 Å². The number of nitrogen functional groups attached to an aromatic ring is 1. The number of aliphatic imine (C=N–C) groups is 1. The summed E-state index contributed by atoms with van der Waals surface area (Å²) in [4.78, 5) is 12.1. The van der Waals surface area contributed by atoms with Gasteiger partial charge in [0.1, 0.15) is 11.8 Å². The zero-order valence-corrected chi connectivity index (χ0v) is 11.8. The number of aliphatic hydroxyl groups is 2. The summed E-state index contributed by atoms with van der Waals surface area (Å²) in [6.45, 7) is 1.54. The number of ether oxygens (including phenoxy) is 1. The summed E-state index contributed by atoms with van der Waals surface area (Å²) in [7, 11) is 0. The molecule has 0 aliphatic carbocycles. The van der Waals surface area contributed by atoms with Crippen molar-refractivity contribution in [1.29, 1.82) is 0 Å². The minimum atomic E-state index is -0.683. The van der Waals surface area contributed by atoms with Crippen LogP contribution in [0.2, 0.25) is 5.28 Å². The van der Waals surface area contributed by atoms with Crippen LogP contribution in [0.15, 0.2) is 4.99 Å². The second-order valence-electron chi connectivity index (χ2n) is 4.55. The molecule has 3 atom stereocenters. The fourth-order valence-corrected chi connectivity index (χ4v) is 2.42.